The predicted octanol–water partition coefficient (Wildman–Crippen LogP) is 13.7. The van der Waals surface area contributed by atoms with Crippen molar-refractivity contribution in [2.24, 2.45) is 0 Å². The maximum Gasteiger partial charge on any atom is 0.143 e. The Hall–Kier alpha value is -6.64. The fourth-order valence-corrected chi connectivity index (χ4v) is 8.36. The number of H-pyrrole nitrogens is 1. The van der Waals surface area contributed by atoms with E-state index in [1.54, 1.807) is 0 Å². The summed E-state index contributed by atoms with van der Waals surface area (Å²) in [6, 6.07) is 61.5. The number of fused-ring (bicyclic) bond motifs is 11. The molecule has 0 aliphatic heterocycles. The van der Waals surface area contributed by atoms with Crippen LogP contribution in [0.25, 0.3) is 109 Å². The highest BCUT2D eigenvalue weighted by molar-refractivity contribution is 6.27. The van der Waals surface area contributed by atoms with Gasteiger partial charge in [0.25, 0.3) is 0 Å². The minimum Gasteiger partial charge on any atom is -0.455 e. The molecule has 1 N–H and O–H groups in total. The lowest BCUT2D eigenvalue weighted by molar-refractivity contribution is 0.672. The van der Waals surface area contributed by atoms with E-state index >= 15 is 0 Å². The van der Waals surface area contributed by atoms with E-state index in [0.29, 0.717) is 0 Å². The van der Waals surface area contributed by atoms with Gasteiger partial charge in [0.2, 0.25) is 0 Å². The molecule has 50 heavy (non-hydrogen) atoms. The summed E-state index contributed by atoms with van der Waals surface area (Å²) in [5, 5.41) is 12.1. The molecule has 2 nitrogen and oxygen atoms in total. The summed E-state index contributed by atoms with van der Waals surface area (Å²) in [6.45, 7) is 0. The van der Waals surface area contributed by atoms with Crippen LogP contribution < -0.4 is 0 Å². The number of hydrogen-bond donors (Lipinski definition) is 1. The molecule has 232 valence electrons. The van der Waals surface area contributed by atoms with Gasteiger partial charge in [-0.3, -0.25) is 0 Å². The van der Waals surface area contributed by atoms with E-state index < -0.39 is 0 Å². The average molecular weight is 636 g/mol. The van der Waals surface area contributed by atoms with Gasteiger partial charge < -0.3 is 9.40 Å². The molecule has 0 aliphatic rings. The van der Waals surface area contributed by atoms with E-state index in [2.05, 4.69) is 169 Å². The molecule has 0 amide bonds. The third-order valence-electron chi connectivity index (χ3n) is 10.6. The van der Waals surface area contributed by atoms with Gasteiger partial charge in [-0.15, -0.1) is 0 Å². The van der Waals surface area contributed by atoms with E-state index in [-0.39, 0.29) is 0 Å². The number of aromatic amines is 1. The van der Waals surface area contributed by atoms with Gasteiger partial charge in [-0.1, -0.05) is 140 Å². The Morgan fingerprint density at radius 2 is 0.820 bits per heavy atom. The molecule has 0 saturated carbocycles. The quantitative estimate of drug-likeness (QED) is 0.192. The first-order chi connectivity index (χ1) is 24.8. The van der Waals surface area contributed by atoms with Crippen molar-refractivity contribution in [3.63, 3.8) is 0 Å². The zero-order valence-corrected chi connectivity index (χ0v) is 27.1. The standard InChI is InChI=1S/C48H29NO/c1-2-10-29(11-3-1)30-18-20-31(21-19-30)45-34-13-4-6-15-36(34)46(37-16-7-5-14-35(37)45)32-22-23-41-43(28-32)49-42-27-26-40-38(47(41)42)24-25-39-33-12-8-9-17-44(33)50-48(39)40/h1-28,49H. The molecular weight excluding hydrogens is 607 g/mol. The summed E-state index contributed by atoms with van der Waals surface area (Å²) in [6.07, 6.45) is 0. The van der Waals surface area contributed by atoms with Crippen LogP contribution in [0.5, 0.6) is 0 Å². The van der Waals surface area contributed by atoms with Crippen molar-refractivity contribution in [1.82, 2.24) is 4.98 Å². The summed E-state index contributed by atoms with van der Waals surface area (Å²) < 4.78 is 6.42. The van der Waals surface area contributed by atoms with Crippen LogP contribution in [0.4, 0.5) is 0 Å². The van der Waals surface area contributed by atoms with E-state index in [4.69, 9.17) is 4.42 Å². The number of furan rings is 1. The third kappa shape index (κ3) is 3.90. The summed E-state index contributed by atoms with van der Waals surface area (Å²) in [4.78, 5) is 3.78. The van der Waals surface area contributed by atoms with Crippen molar-refractivity contribution in [3.05, 3.63) is 170 Å². The molecule has 0 atom stereocenters. The van der Waals surface area contributed by atoms with Crippen LogP contribution in [-0.4, -0.2) is 4.98 Å². The first-order valence-electron chi connectivity index (χ1n) is 17.2. The van der Waals surface area contributed by atoms with Crippen molar-refractivity contribution >= 4 is 76.1 Å². The van der Waals surface area contributed by atoms with Crippen molar-refractivity contribution in [2.45, 2.75) is 0 Å². The van der Waals surface area contributed by atoms with E-state index in [0.717, 1.165) is 38.4 Å². The Bertz CT molecular complexity index is 3070. The fraction of sp³-hybridized carbons (Fsp3) is 0. The molecule has 11 rings (SSSR count). The third-order valence-corrected chi connectivity index (χ3v) is 10.6. The molecule has 0 radical (unpaired) electrons. The second kappa shape index (κ2) is 10.4. The Kier molecular flexibility index (Phi) is 5.70. The van der Waals surface area contributed by atoms with Crippen LogP contribution in [0.3, 0.4) is 0 Å². The lowest BCUT2D eigenvalue weighted by Gasteiger charge is -2.18. The van der Waals surface area contributed by atoms with E-state index in [1.807, 2.05) is 6.07 Å². The minimum absolute atomic E-state index is 0.924. The van der Waals surface area contributed by atoms with Gasteiger partial charge in [-0.05, 0) is 90.6 Å². The second-order valence-corrected chi connectivity index (χ2v) is 13.3. The number of rotatable bonds is 3. The molecule has 9 aromatic carbocycles. The molecule has 0 unspecified atom stereocenters. The Labute approximate surface area is 287 Å². The van der Waals surface area contributed by atoms with Crippen molar-refractivity contribution in [1.29, 1.82) is 0 Å². The molecule has 0 saturated heterocycles. The fourth-order valence-electron chi connectivity index (χ4n) is 8.36. The molecular formula is C48H29NO. The number of hydrogen-bond acceptors (Lipinski definition) is 1. The number of para-hydroxylation sites is 1. The largest absolute Gasteiger partial charge is 0.455 e. The first-order valence-corrected chi connectivity index (χ1v) is 17.2. The molecule has 0 bridgehead atoms. The van der Waals surface area contributed by atoms with Crippen LogP contribution in [0, 0.1) is 0 Å². The van der Waals surface area contributed by atoms with Crippen LogP contribution in [0.2, 0.25) is 0 Å². The topological polar surface area (TPSA) is 28.9 Å². The SMILES string of the molecule is c1ccc(-c2ccc(-c3c4ccccc4c(-c4ccc5c(c4)[nH]c4ccc6c(ccc7c8ccccc8oc76)c45)c4ccccc34)cc2)cc1. The van der Waals surface area contributed by atoms with Crippen LogP contribution >= 0.6 is 0 Å². The Morgan fingerprint density at radius 1 is 0.320 bits per heavy atom. The second-order valence-electron chi connectivity index (χ2n) is 13.3. The highest BCUT2D eigenvalue weighted by Crippen LogP contribution is 2.45. The summed E-state index contributed by atoms with van der Waals surface area (Å²) in [5.74, 6) is 0. The van der Waals surface area contributed by atoms with Crippen LogP contribution in [0.15, 0.2) is 174 Å². The minimum atomic E-state index is 0.924. The lowest BCUT2D eigenvalue weighted by Crippen LogP contribution is -1.91. The zero-order chi connectivity index (χ0) is 32.8. The molecule has 11 aromatic rings. The molecule has 2 aromatic heterocycles. The summed E-state index contributed by atoms with van der Waals surface area (Å²) in [7, 11) is 0. The number of aromatic nitrogens is 1. The van der Waals surface area contributed by atoms with Crippen molar-refractivity contribution in [3.8, 4) is 33.4 Å². The Balaban J connectivity index is 1.12. The lowest BCUT2D eigenvalue weighted by atomic mass is 9.85. The van der Waals surface area contributed by atoms with Gasteiger partial charge in [-0.25, -0.2) is 0 Å². The van der Waals surface area contributed by atoms with Gasteiger partial charge in [0.05, 0.1) is 0 Å². The Morgan fingerprint density at radius 3 is 1.54 bits per heavy atom. The zero-order valence-electron chi connectivity index (χ0n) is 27.1. The normalized spacial score (nSPS) is 12.0. The van der Waals surface area contributed by atoms with Gasteiger partial charge in [0, 0.05) is 38.0 Å². The molecule has 2 heteroatoms. The van der Waals surface area contributed by atoms with Gasteiger partial charge in [0.1, 0.15) is 11.2 Å². The molecule has 0 fully saturated rings. The van der Waals surface area contributed by atoms with Crippen molar-refractivity contribution in [2.75, 3.05) is 0 Å². The van der Waals surface area contributed by atoms with Crippen LogP contribution in [0.1, 0.15) is 0 Å². The van der Waals surface area contributed by atoms with E-state index in [1.165, 1.54) is 71.1 Å². The molecule has 0 aliphatic carbocycles. The maximum atomic E-state index is 6.42. The first kappa shape index (κ1) is 27.3. The highest BCUT2D eigenvalue weighted by atomic mass is 16.3. The van der Waals surface area contributed by atoms with Crippen LogP contribution in [-0.2, 0) is 0 Å². The average Bonchev–Trinajstić information content (AvgIpc) is 3.76. The van der Waals surface area contributed by atoms with Gasteiger partial charge >= 0.3 is 0 Å². The maximum absolute atomic E-state index is 6.42. The highest BCUT2D eigenvalue weighted by Gasteiger charge is 2.19. The summed E-state index contributed by atoms with van der Waals surface area (Å²) in [5.41, 5.74) is 11.5. The monoisotopic (exact) mass is 635 g/mol. The number of nitrogens with one attached hydrogen (secondary N) is 1. The van der Waals surface area contributed by atoms with Gasteiger partial charge in [-0.2, -0.15) is 0 Å². The van der Waals surface area contributed by atoms with Crippen molar-refractivity contribution < 1.29 is 4.42 Å². The smallest absolute Gasteiger partial charge is 0.143 e. The molecule has 2 heterocycles. The molecule has 0 spiro atoms. The predicted molar refractivity (Wildman–Crippen MR) is 212 cm³/mol. The van der Waals surface area contributed by atoms with E-state index in [9.17, 15) is 0 Å². The summed E-state index contributed by atoms with van der Waals surface area (Å²) >= 11 is 0. The number of benzene rings is 9. The van der Waals surface area contributed by atoms with Gasteiger partial charge in [0.15, 0.2) is 0 Å².